The van der Waals surface area contributed by atoms with E-state index in [1.54, 1.807) is 6.07 Å². The van der Waals surface area contributed by atoms with Crippen molar-refractivity contribution in [2.24, 2.45) is 0 Å². The van der Waals surface area contributed by atoms with Gasteiger partial charge < -0.3 is 15.2 Å². The van der Waals surface area contributed by atoms with Gasteiger partial charge in [0.2, 0.25) is 0 Å². The van der Waals surface area contributed by atoms with E-state index in [9.17, 15) is 9.18 Å². The molecule has 1 aromatic carbocycles. The molecule has 2 aromatic rings. The van der Waals surface area contributed by atoms with E-state index in [-0.39, 0.29) is 23.9 Å². The van der Waals surface area contributed by atoms with Crippen LogP contribution in [0.4, 0.5) is 10.2 Å². The minimum Gasteiger partial charge on any atom is -0.494 e. The molecule has 6 nitrogen and oxygen atoms in total. The first kappa shape index (κ1) is 13.7. The van der Waals surface area contributed by atoms with Crippen molar-refractivity contribution in [1.29, 1.82) is 0 Å². The third kappa shape index (κ3) is 3.00. The van der Waals surface area contributed by atoms with Crippen molar-refractivity contribution in [3.63, 3.8) is 0 Å². The molecule has 0 aliphatic rings. The van der Waals surface area contributed by atoms with Crippen LogP contribution in [0.5, 0.6) is 5.75 Å². The molecule has 0 unspecified atom stereocenters. The maximum atomic E-state index is 13.5. The molecule has 0 aliphatic heterocycles. The number of hydrogen-bond acceptors (Lipinski definition) is 6. The summed E-state index contributed by atoms with van der Waals surface area (Å²) in [5.74, 6) is -1.14. The number of methoxy groups -OCH3 is 1. The Balaban J connectivity index is 2.04. The highest BCUT2D eigenvalue weighted by molar-refractivity contribution is 5.91. The summed E-state index contributed by atoms with van der Waals surface area (Å²) in [7, 11) is 1.37. The number of aromatic nitrogens is 2. The van der Waals surface area contributed by atoms with Gasteiger partial charge in [-0.25, -0.2) is 19.2 Å². The van der Waals surface area contributed by atoms with Crippen LogP contribution in [0.15, 0.2) is 30.6 Å². The van der Waals surface area contributed by atoms with Crippen molar-refractivity contribution in [2.45, 2.75) is 6.61 Å². The van der Waals surface area contributed by atoms with E-state index >= 15 is 0 Å². The van der Waals surface area contributed by atoms with Crippen molar-refractivity contribution >= 4 is 11.8 Å². The number of benzene rings is 1. The molecule has 0 atom stereocenters. The van der Waals surface area contributed by atoms with Crippen LogP contribution >= 0.6 is 0 Å². The first-order chi connectivity index (χ1) is 9.61. The van der Waals surface area contributed by atoms with E-state index in [0.29, 0.717) is 5.56 Å². The van der Waals surface area contributed by atoms with Crippen LogP contribution < -0.4 is 10.5 Å². The van der Waals surface area contributed by atoms with Crippen molar-refractivity contribution in [3.05, 3.63) is 47.7 Å². The van der Waals surface area contributed by atoms with E-state index in [0.717, 1.165) is 0 Å². The number of carbonyl (C=O) groups is 1. The number of anilines is 1. The second-order valence-corrected chi connectivity index (χ2v) is 3.84. The van der Waals surface area contributed by atoms with Gasteiger partial charge in [-0.3, -0.25) is 0 Å². The molecule has 0 amide bonds. The summed E-state index contributed by atoms with van der Waals surface area (Å²) < 4.78 is 23.2. The molecule has 0 spiro atoms. The predicted octanol–water partition coefficient (Wildman–Crippen LogP) is 1.56. The molecule has 1 aromatic heterocycles. The molecule has 20 heavy (non-hydrogen) atoms. The molecule has 2 rings (SSSR count). The molecule has 0 radical (unpaired) electrons. The lowest BCUT2D eigenvalue weighted by atomic mass is 10.2. The highest BCUT2D eigenvalue weighted by atomic mass is 19.1. The number of rotatable bonds is 4. The molecule has 0 saturated heterocycles. The van der Waals surface area contributed by atoms with Gasteiger partial charge in [0.25, 0.3) is 0 Å². The minimum absolute atomic E-state index is 0.0154. The Morgan fingerprint density at radius 3 is 2.75 bits per heavy atom. The number of halogens is 1. The SMILES string of the molecule is COc1ccc(COC(=O)c2nccnc2N)cc1F. The van der Waals surface area contributed by atoms with Crippen LogP contribution in [-0.2, 0) is 11.3 Å². The maximum Gasteiger partial charge on any atom is 0.361 e. The van der Waals surface area contributed by atoms with Crippen LogP contribution in [0.1, 0.15) is 16.1 Å². The fraction of sp³-hybridized carbons (Fsp3) is 0.154. The van der Waals surface area contributed by atoms with Crippen LogP contribution in [0, 0.1) is 5.82 Å². The summed E-state index contributed by atoms with van der Waals surface area (Å²) in [4.78, 5) is 19.2. The lowest BCUT2D eigenvalue weighted by Gasteiger charge is -2.07. The van der Waals surface area contributed by atoms with E-state index in [1.807, 2.05) is 0 Å². The number of carbonyl (C=O) groups excluding carboxylic acids is 1. The summed E-state index contributed by atoms with van der Waals surface area (Å²) in [6, 6.07) is 4.27. The number of esters is 1. The summed E-state index contributed by atoms with van der Waals surface area (Å²) in [5, 5.41) is 0. The topological polar surface area (TPSA) is 87.3 Å². The van der Waals surface area contributed by atoms with E-state index < -0.39 is 11.8 Å². The Morgan fingerprint density at radius 1 is 1.35 bits per heavy atom. The number of nitrogens with zero attached hydrogens (tertiary/aromatic N) is 2. The summed E-state index contributed by atoms with van der Waals surface area (Å²) in [6.45, 7) is -0.101. The zero-order valence-corrected chi connectivity index (χ0v) is 10.7. The van der Waals surface area contributed by atoms with E-state index in [1.165, 1.54) is 31.6 Å². The van der Waals surface area contributed by atoms with E-state index in [2.05, 4.69) is 9.97 Å². The largest absolute Gasteiger partial charge is 0.494 e. The lowest BCUT2D eigenvalue weighted by molar-refractivity contribution is 0.0466. The fourth-order valence-corrected chi connectivity index (χ4v) is 1.52. The van der Waals surface area contributed by atoms with Crippen LogP contribution in [-0.4, -0.2) is 23.0 Å². The predicted molar refractivity (Wildman–Crippen MR) is 68.5 cm³/mol. The molecule has 0 fully saturated rings. The van der Waals surface area contributed by atoms with Crippen molar-refractivity contribution in [3.8, 4) is 5.75 Å². The fourth-order valence-electron chi connectivity index (χ4n) is 1.52. The van der Waals surface area contributed by atoms with Crippen molar-refractivity contribution in [2.75, 3.05) is 12.8 Å². The standard InChI is InChI=1S/C13H12FN3O3/c1-19-10-3-2-8(6-9(10)14)7-20-13(18)11-12(15)17-5-4-16-11/h2-6H,7H2,1H3,(H2,15,17). The van der Waals surface area contributed by atoms with Gasteiger partial charge in [-0.05, 0) is 17.7 Å². The van der Waals surface area contributed by atoms with Crippen molar-refractivity contribution < 1.29 is 18.7 Å². The second kappa shape index (κ2) is 5.96. The zero-order chi connectivity index (χ0) is 14.5. The number of nitrogens with two attached hydrogens (primary N) is 1. The quantitative estimate of drug-likeness (QED) is 0.853. The second-order valence-electron chi connectivity index (χ2n) is 3.84. The molecule has 104 valence electrons. The summed E-state index contributed by atoms with van der Waals surface area (Å²) >= 11 is 0. The number of ether oxygens (including phenoxy) is 2. The molecular formula is C13H12FN3O3. The van der Waals surface area contributed by atoms with Gasteiger partial charge in [0.1, 0.15) is 6.61 Å². The first-order valence-corrected chi connectivity index (χ1v) is 5.68. The Kier molecular flexibility index (Phi) is 4.09. The molecule has 2 N–H and O–H groups in total. The Morgan fingerprint density at radius 2 is 2.10 bits per heavy atom. The summed E-state index contributed by atoms with van der Waals surface area (Å²) in [5.41, 5.74) is 5.92. The highest BCUT2D eigenvalue weighted by Crippen LogP contribution is 2.18. The van der Waals surface area contributed by atoms with Gasteiger partial charge in [-0.1, -0.05) is 6.07 Å². The molecule has 0 aliphatic carbocycles. The molecule has 0 saturated carbocycles. The third-order valence-corrected chi connectivity index (χ3v) is 2.51. The Hall–Kier alpha value is -2.70. The van der Waals surface area contributed by atoms with Gasteiger partial charge in [-0.15, -0.1) is 0 Å². The molecular weight excluding hydrogens is 265 g/mol. The monoisotopic (exact) mass is 277 g/mol. The van der Waals surface area contributed by atoms with Gasteiger partial charge >= 0.3 is 5.97 Å². The number of nitrogen functional groups attached to an aromatic ring is 1. The number of hydrogen-bond donors (Lipinski definition) is 1. The zero-order valence-electron chi connectivity index (χ0n) is 10.7. The lowest BCUT2D eigenvalue weighted by Crippen LogP contribution is -2.11. The smallest absolute Gasteiger partial charge is 0.361 e. The third-order valence-electron chi connectivity index (χ3n) is 2.51. The van der Waals surface area contributed by atoms with Gasteiger partial charge in [0, 0.05) is 12.4 Å². The Bertz CT molecular complexity index is 634. The van der Waals surface area contributed by atoms with Gasteiger partial charge in [0.05, 0.1) is 7.11 Å². The summed E-state index contributed by atoms with van der Waals surface area (Å²) in [6.07, 6.45) is 2.70. The Labute approximate surface area is 114 Å². The van der Waals surface area contributed by atoms with Gasteiger partial charge in [0.15, 0.2) is 23.1 Å². The van der Waals surface area contributed by atoms with Crippen LogP contribution in [0.3, 0.4) is 0 Å². The van der Waals surface area contributed by atoms with E-state index in [4.69, 9.17) is 15.2 Å². The average molecular weight is 277 g/mol. The average Bonchev–Trinajstić information content (AvgIpc) is 2.45. The maximum absolute atomic E-state index is 13.5. The van der Waals surface area contributed by atoms with Crippen molar-refractivity contribution in [1.82, 2.24) is 9.97 Å². The molecule has 0 bridgehead atoms. The first-order valence-electron chi connectivity index (χ1n) is 5.68. The van der Waals surface area contributed by atoms with Crippen LogP contribution in [0.25, 0.3) is 0 Å². The minimum atomic E-state index is -0.716. The highest BCUT2D eigenvalue weighted by Gasteiger charge is 2.14. The van der Waals surface area contributed by atoms with Gasteiger partial charge in [-0.2, -0.15) is 0 Å². The molecule has 1 heterocycles. The van der Waals surface area contributed by atoms with Crippen LogP contribution in [0.2, 0.25) is 0 Å². The molecule has 7 heteroatoms. The normalized spacial score (nSPS) is 10.1.